The van der Waals surface area contributed by atoms with Crippen molar-refractivity contribution in [3.63, 3.8) is 0 Å². The van der Waals surface area contributed by atoms with Gasteiger partial charge in [0.2, 0.25) is 0 Å². The van der Waals surface area contributed by atoms with Crippen LogP contribution in [0.5, 0.6) is 0 Å². The molecule has 5 nitrogen and oxygen atoms in total. The standard InChI is InChI=1S/C17H22Cl2N2O3/c18-13-2-1-12(15(19)9-13)11-20-16(22)21-14-3-6-24-17(10-14)4-7-23-8-5-17/h1-2,9,14H,3-8,10-11H2,(H2,20,21,22). The number of carbonyl (C=O) groups is 1. The highest BCUT2D eigenvalue weighted by atomic mass is 35.5. The molecule has 2 aliphatic rings. The molecule has 24 heavy (non-hydrogen) atoms. The van der Waals surface area contributed by atoms with E-state index >= 15 is 0 Å². The third-order valence-electron chi connectivity index (χ3n) is 4.69. The SMILES string of the molecule is O=C(NCc1ccc(Cl)cc1Cl)NC1CCOC2(CCOCC2)C1. The van der Waals surface area contributed by atoms with Gasteiger partial charge in [0.05, 0.1) is 5.60 Å². The van der Waals surface area contributed by atoms with Crippen LogP contribution in [0.3, 0.4) is 0 Å². The Hall–Kier alpha value is -1.01. The minimum absolute atomic E-state index is 0.123. The molecule has 2 N–H and O–H groups in total. The molecule has 7 heteroatoms. The Morgan fingerprint density at radius 3 is 2.79 bits per heavy atom. The summed E-state index contributed by atoms with van der Waals surface area (Å²) in [5.74, 6) is 0. The normalized spacial score (nSPS) is 23.0. The first-order chi connectivity index (χ1) is 11.6. The molecule has 0 aliphatic carbocycles. The lowest BCUT2D eigenvalue weighted by Crippen LogP contribution is -2.52. The molecule has 3 rings (SSSR count). The summed E-state index contributed by atoms with van der Waals surface area (Å²) in [4.78, 5) is 12.2. The Morgan fingerprint density at radius 1 is 1.25 bits per heavy atom. The third-order valence-corrected chi connectivity index (χ3v) is 5.27. The Bertz CT molecular complexity index is 586. The molecule has 2 heterocycles. The van der Waals surface area contributed by atoms with E-state index < -0.39 is 0 Å². The number of benzene rings is 1. The van der Waals surface area contributed by atoms with Crippen molar-refractivity contribution in [3.8, 4) is 0 Å². The third kappa shape index (κ3) is 4.54. The summed E-state index contributed by atoms with van der Waals surface area (Å²) in [6, 6.07) is 5.19. The molecular weight excluding hydrogens is 351 g/mol. The van der Waals surface area contributed by atoms with E-state index in [1.54, 1.807) is 12.1 Å². The van der Waals surface area contributed by atoms with E-state index in [0.29, 0.717) is 23.2 Å². The van der Waals surface area contributed by atoms with Crippen molar-refractivity contribution >= 4 is 29.2 Å². The summed E-state index contributed by atoms with van der Waals surface area (Å²) < 4.78 is 11.4. The van der Waals surface area contributed by atoms with Gasteiger partial charge >= 0.3 is 6.03 Å². The van der Waals surface area contributed by atoms with E-state index in [4.69, 9.17) is 32.7 Å². The molecule has 1 aromatic rings. The van der Waals surface area contributed by atoms with E-state index in [1.807, 2.05) is 6.07 Å². The van der Waals surface area contributed by atoms with Gasteiger partial charge in [0.1, 0.15) is 0 Å². The van der Waals surface area contributed by atoms with Crippen LogP contribution in [-0.2, 0) is 16.0 Å². The number of nitrogens with one attached hydrogen (secondary N) is 2. The number of rotatable bonds is 3. The Morgan fingerprint density at radius 2 is 2.04 bits per heavy atom. The van der Waals surface area contributed by atoms with Crippen LogP contribution in [0, 0.1) is 0 Å². The molecular formula is C17H22Cl2N2O3. The van der Waals surface area contributed by atoms with Gasteiger partial charge in [-0.1, -0.05) is 29.3 Å². The number of hydrogen-bond donors (Lipinski definition) is 2. The molecule has 2 fully saturated rings. The smallest absolute Gasteiger partial charge is 0.315 e. The van der Waals surface area contributed by atoms with E-state index in [2.05, 4.69) is 10.6 Å². The minimum atomic E-state index is -0.185. The second kappa shape index (κ2) is 7.91. The van der Waals surface area contributed by atoms with Gasteiger partial charge < -0.3 is 20.1 Å². The number of halogens is 2. The largest absolute Gasteiger partial charge is 0.381 e. The Labute approximate surface area is 152 Å². The maximum atomic E-state index is 12.2. The number of ether oxygens (including phenoxy) is 2. The number of carbonyl (C=O) groups excluding carboxylic acids is 1. The van der Waals surface area contributed by atoms with Gasteiger partial charge in [-0.25, -0.2) is 4.79 Å². The molecule has 0 radical (unpaired) electrons. The fourth-order valence-corrected chi connectivity index (χ4v) is 3.80. The average Bonchev–Trinajstić information content (AvgIpc) is 2.55. The molecule has 1 unspecified atom stereocenters. The molecule has 132 valence electrons. The van der Waals surface area contributed by atoms with E-state index in [1.165, 1.54) is 0 Å². The van der Waals surface area contributed by atoms with Gasteiger partial charge in [-0.2, -0.15) is 0 Å². The van der Waals surface area contributed by atoms with Crippen LogP contribution in [0.1, 0.15) is 31.2 Å². The summed E-state index contributed by atoms with van der Waals surface area (Å²) in [5.41, 5.74) is 0.706. The van der Waals surface area contributed by atoms with Crippen LogP contribution in [0.4, 0.5) is 4.79 Å². The second-order valence-corrected chi connectivity index (χ2v) is 7.24. The zero-order valence-corrected chi connectivity index (χ0v) is 15.0. The second-order valence-electron chi connectivity index (χ2n) is 6.40. The fourth-order valence-electron chi connectivity index (χ4n) is 3.32. The van der Waals surface area contributed by atoms with Crippen molar-refractivity contribution in [2.75, 3.05) is 19.8 Å². The highest BCUT2D eigenvalue weighted by molar-refractivity contribution is 6.35. The molecule has 0 bridgehead atoms. The van der Waals surface area contributed by atoms with Crippen molar-refractivity contribution in [2.24, 2.45) is 0 Å². The maximum Gasteiger partial charge on any atom is 0.315 e. The molecule has 0 saturated carbocycles. The lowest BCUT2D eigenvalue weighted by Gasteiger charge is -2.43. The van der Waals surface area contributed by atoms with Gasteiger partial charge in [-0.3, -0.25) is 0 Å². The molecule has 1 spiro atoms. The first-order valence-corrected chi connectivity index (χ1v) is 9.02. The van der Waals surface area contributed by atoms with Crippen LogP contribution in [0.25, 0.3) is 0 Å². The van der Waals surface area contributed by atoms with Crippen LogP contribution < -0.4 is 10.6 Å². The predicted molar refractivity (Wildman–Crippen MR) is 93.6 cm³/mol. The van der Waals surface area contributed by atoms with Crippen LogP contribution in [0.2, 0.25) is 10.0 Å². The van der Waals surface area contributed by atoms with Crippen LogP contribution in [0.15, 0.2) is 18.2 Å². The lowest BCUT2D eigenvalue weighted by atomic mass is 9.84. The van der Waals surface area contributed by atoms with Crippen molar-refractivity contribution in [3.05, 3.63) is 33.8 Å². The zero-order chi connectivity index (χ0) is 17.0. The lowest BCUT2D eigenvalue weighted by molar-refractivity contribution is -0.139. The highest BCUT2D eigenvalue weighted by Gasteiger charge is 2.39. The average molecular weight is 373 g/mol. The fraction of sp³-hybridized carbons (Fsp3) is 0.588. The molecule has 2 amide bonds. The quantitative estimate of drug-likeness (QED) is 0.852. The maximum absolute atomic E-state index is 12.2. The van der Waals surface area contributed by atoms with Gasteiger partial charge in [0.25, 0.3) is 0 Å². The van der Waals surface area contributed by atoms with Crippen molar-refractivity contribution < 1.29 is 14.3 Å². The Kier molecular flexibility index (Phi) is 5.87. The van der Waals surface area contributed by atoms with Crippen LogP contribution >= 0.6 is 23.2 Å². The molecule has 1 aromatic carbocycles. The number of amides is 2. The summed E-state index contributed by atoms with van der Waals surface area (Å²) in [6.45, 7) is 2.50. The highest BCUT2D eigenvalue weighted by Crippen LogP contribution is 2.34. The minimum Gasteiger partial charge on any atom is -0.381 e. The molecule has 1 atom stereocenters. The predicted octanol–water partition coefficient (Wildman–Crippen LogP) is 3.52. The first-order valence-electron chi connectivity index (χ1n) is 8.26. The molecule has 0 aromatic heterocycles. The van der Waals surface area contributed by atoms with E-state index in [-0.39, 0.29) is 17.7 Å². The van der Waals surface area contributed by atoms with Crippen molar-refractivity contribution in [1.29, 1.82) is 0 Å². The number of hydrogen-bond acceptors (Lipinski definition) is 3. The van der Waals surface area contributed by atoms with Crippen molar-refractivity contribution in [2.45, 2.75) is 43.9 Å². The summed E-state index contributed by atoms with van der Waals surface area (Å²) in [7, 11) is 0. The molecule has 2 aliphatic heterocycles. The zero-order valence-electron chi connectivity index (χ0n) is 13.4. The van der Waals surface area contributed by atoms with E-state index in [9.17, 15) is 4.79 Å². The molecule has 2 saturated heterocycles. The van der Waals surface area contributed by atoms with E-state index in [0.717, 1.165) is 44.5 Å². The summed E-state index contributed by atoms with van der Waals surface area (Å²) in [5, 5.41) is 7.04. The summed E-state index contributed by atoms with van der Waals surface area (Å²) >= 11 is 12.0. The topological polar surface area (TPSA) is 59.6 Å². The van der Waals surface area contributed by atoms with Crippen molar-refractivity contribution in [1.82, 2.24) is 10.6 Å². The van der Waals surface area contributed by atoms with Gasteiger partial charge in [-0.15, -0.1) is 0 Å². The summed E-state index contributed by atoms with van der Waals surface area (Å²) in [6.07, 6.45) is 3.46. The monoisotopic (exact) mass is 372 g/mol. The van der Waals surface area contributed by atoms with Crippen LogP contribution in [-0.4, -0.2) is 37.5 Å². The number of urea groups is 1. The van der Waals surface area contributed by atoms with Gasteiger partial charge in [0, 0.05) is 42.5 Å². The van der Waals surface area contributed by atoms with Gasteiger partial charge in [0.15, 0.2) is 0 Å². The van der Waals surface area contributed by atoms with Gasteiger partial charge in [-0.05, 0) is 43.4 Å². The Balaban J connectivity index is 1.49. The first kappa shape index (κ1) is 17.8.